The first kappa shape index (κ1) is 24.5. The van der Waals surface area contributed by atoms with Crippen molar-refractivity contribution in [1.82, 2.24) is 9.80 Å². The summed E-state index contributed by atoms with van der Waals surface area (Å²) >= 11 is 0. The number of likely N-dealkylation sites (N-methyl/N-ethyl adjacent to an activating group) is 1. The van der Waals surface area contributed by atoms with E-state index in [4.69, 9.17) is 4.74 Å². The monoisotopic (exact) mass is 477 g/mol. The fourth-order valence-corrected chi connectivity index (χ4v) is 4.89. The van der Waals surface area contributed by atoms with E-state index in [0.717, 1.165) is 6.42 Å². The van der Waals surface area contributed by atoms with Gasteiger partial charge in [-0.05, 0) is 63.8 Å². The molecule has 8 heteroatoms. The van der Waals surface area contributed by atoms with Gasteiger partial charge in [0.15, 0.2) is 5.54 Å². The van der Waals surface area contributed by atoms with Crippen molar-refractivity contribution >= 4 is 29.0 Å². The van der Waals surface area contributed by atoms with Crippen molar-refractivity contribution in [3.05, 3.63) is 65.2 Å². The van der Waals surface area contributed by atoms with Crippen LogP contribution in [0.15, 0.2) is 54.1 Å². The maximum absolute atomic E-state index is 13.9. The molecule has 2 heterocycles. The number of hydrogen-bond acceptors (Lipinski definition) is 6. The number of rotatable bonds is 8. The third-order valence-corrected chi connectivity index (χ3v) is 6.53. The molecule has 4 rings (SSSR count). The number of amides is 2. The number of benzene rings is 2. The molecule has 1 spiro atoms. The van der Waals surface area contributed by atoms with Crippen molar-refractivity contribution in [1.29, 1.82) is 0 Å². The number of Topliss-reactive ketones (excluding diaryl/α,β-unsaturated/α-hetero) is 1. The third-order valence-electron chi connectivity index (χ3n) is 6.53. The highest BCUT2D eigenvalue weighted by atomic mass is 16.5. The van der Waals surface area contributed by atoms with Crippen molar-refractivity contribution in [3.8, 4) is 5.75 Å². The third kappa shape index (κ3) is 3.87. The molecule has 0 saturated carbocycles. The predicted molar refractivity (Wildman–Crippen MR) is 133 cm³/mol. The van der Waals surface area contributed by atoms with E-state index in [1.54, 1.807) is 55.6 Å². The lowest BCUT2D eigenvalue weighted by Gasteiger charge is -2.34. The quantitative estimate of drug-likeness (QED) is 0.357. The van der Waals surface area contributed by atoms with Crippen molar-refractivity contribution in [2.45, 2.75) is 25.3 Å². The van der Waals surface area contributed by atoms with Crippen LogP contribution in [0.25, 0.3) is 5.76 Å². The van der Waals surface area contributed by atoms with Crippen LogP contribution in [0, 0.1) is 0 Å². The number of carbonyl (C=O) groups excluding carboxylic acids is 3. The molecule has 1 N–H and O–H groups in total. The summed E-state index contributed by atoms with van der Waals surface area (Å²) in [7, 11) is 5.46. The van der Waals surface area contributed by atoms with Gasteiger partial charge in [-0.3, -0.25) is 14.4 Å². The van der Waals surface area contributed by atoms with Crippen LogP contribution in [-0.4, -0.2) is 73.3 Å². The van der Waals surface area contributed by atoms with Crippen molar-refractivity contribution < 1.29 is 24.2 Å². The Labute approximate surface area is 205 Å². The molecule has 2 aliphatic rings. The largest absolute Gasteiger partial charge is 0.507 e. The molecule has 0 aliphatic carbocycles. The number of fused-ring (bicyclic) bond motifs is 2. The van der Waals surface area contributed by atoms with E-state index in [2.05, 4.69) is 0 Å². The lowest BCUT2D eigenvalue weighted by Crippen LogP contribution is -2.51. The van der Waals surface area contributed by atoms with Crippen molar-refractivity contribution in [2.24, 2.45) is 0 Å². The summed E-state index contributed by atoms with van der Waals surface area (Å²) in [6, 6.07) is 13.7. The summed E-state index contributed by atoms with van der Waals surface area (Å²) in [6.45, 7) is 3.42. The second-order valence-electron chi connectivity index (χ2n) is 9.13. The summed E-state index contributed by atoms with van der Waals surface area (Å²) in [5.74, 6) is -1.83. The van der Waals surface area contributed by atoms with Crippen LogP contribution >= 0.6 is 0 Å². The highest BCUT2D eigenvalue weighted by Crippen LogP contribution is 2.53. The maximum Gasteiger partial charge on any atom is 0.296 e. The zero-order chi connectivity index (χ0) is 25.3. The maximum atomic E-state index is 13.9. The molecule has 0 radical (unpaired) electrons. The van der Waals surface area contributed by atoms with E-state index in [1.165, 1.54) is 9.80 Å². The van der Waals surface area contributed by atoms with Gasteiger partial charge in [0.25, 0.3) is 17.6 Å². The minimum atomic E-state index is -1.71. The fourth-order valence-electron chi connectivity index (χ4n) is 4.89. The highest BCUT2D eigenvalue weighted by molar-refractivity contribution is 6.50. The van der Waals surface area contributed by atoms with Crippen LogP contribution in [0.4, 0.5) is 5.69 Å². The normalized spacial score (nSPS) is 20.9. The molecule has 2 aromatic carbocycles. The average molecular weight is 478 g/mol. The van der Waals surface area contributed by atoms with Crippen molar-refractivity contribution in [3.63, 3.8) is 0 Å². The van der Waals surface area contributed by atoms with Gasteiger partial charge in [-0.1, -0.05) is 25.1 Å². The van der Waals surface area contributed by atoms with Crippen LogP contribution in [0.2, 0.25) is 0 Å². The smallest absolute Gasteiger partial charge is 0.296 e. The van der Waals surface area contributed by atoms with Gasteiger partial charge in [0.05, 0.1) is 12.2 Å². The van der Waals surface area contributed by atoms with E-state index >= 15 is 0 Å². The molecule has 2 amide bonds. The fraction of sp³-hybridized carbons (Fsp3) is 0.370. The molecule has 184 valence electrons. The highest BCUT2D eigenvalue weighted by Gasteiger charge is 2.66. The van der Waals surface area contributed by atoms with Crippen LogP contribution < -0.4 is 9.64 Å². The Hall–Kier alpha value is -3.65. The molecule has 2 aliphatic heterocycles. The van der Waals surface area contributed by atoms with Gasteiger partial charge in [0, 0.05) is 30.4 Å². The molecule has 2 aromatic rings. The Kier molecular flexibility index (Phi) is 6.67. The summed E-state index contributed by atoms with van der Waals surface area (Å²) in [6.07, 6.45) is 1.42. The second-order valence-corrected chi connectivity index (χ2v) is 9.13. The molecule has 1 fully saturated rings. The van der Waals surface area contributed by atoms with Gasteiger partial charge in [-0.25, -0.2) is 0 Å². The molecular formula is C27H31N3O5. The number of likely N-dealkylation sites (tertiary alicyclic amines) is 1. The Balaban J connectivity index is 1.89. The second kappa shape index (κ2) is 9.54. The van der Waals surface area contributed by atoms with E-state index in [-0.39, 0.29) is 17.9 Å². The van der Waals surface area contributed by atoms with Gasteiger partial charge < -0.3 is 24.5 Å². The lowest BCUT2D eigenvalue weighted by atomic mass is 9.82. The van der Waals surface area contributed by atoms with E-state index in [1.807, 2.05) is 25.9 Å². The molecule has 0 aromatic heterocycles. The van der Waals surface area contributed by atoms with Gasteiger partial charge in [0.1, 0.15) is 11.5 Å². The number of aliphatic hydroxyl groups excluding tert-OH is 1. The van der Waals surface area contributed by atoms with Gasteiger partial charge in [0.2, 0.25) is 0 Å². The molecule has 1 saturated heterocycles. The Morgan fingerprint density at radius 3 is 2.40 bits per heavy atom. The summed E-state index contributed by atoms with van der Waals surface area (Å²) in [5, 5.41) is 11.4. The number of hydrogen-bond donors (Lipinski definition) is 1. The zero-order valence-corrected chi connectivity index (χ0v) is 20.6. The minimum absolute atomic E-state index is 0.192. The standard InChI is InChI=1S/C27H31N3O5/c1-5-17-35-19-13-11-18(12-14-19)23(31)22-24(32)25(33)30(16-8-15-28(2)3)27(22)20-9-6-7-10-21(20)29(4)26(27)34/h6-7,9-14,31H,5,8,15-17H2,1-4H3/b23-22-/t27-/m0/s1. The number of carbonyl (C=O) groups is 3. The minimum Gasteiger partial charge on any atom is -0.507 e. The number of anilines is 1. The molecule has 0 bridgehead atoms. The van der Waals surface area contributed by atoms with Crippen molar-refractivity contribution in [2.75, 3.05) is 45.7 Å². The molecule has 8 nitrogen and oxygen atoms in total. The number of nitrogens with zero attached hydrogens (tertiary/aromatic N) is 3. The first-order chi connectivity index (χ1) is 16.7. The van der Waals surface area contributed by atoms with Gasteiger partial charge >= 0.3 is 0 Å². The summed E-state index contributed by atoms with van der Waals surface area (Å²) in [4.78, 5) is 45.5. The number of ether oxygens (including phenoxy) is 1. The van der Waals surface area contributed by atoms with E-state index in [9.17, 15) is 19.5 Å². The lowest BCUT2D eigenvalue weighted by molar-refractivity contribution is -0.143. The SMILES string of the molecule is CCCOc1ccc(/C(O)=C2\C(=O)C(=O)N(CCCN(C)C)[C@]23C(=O)N(C)c2ccccc23)cc1. The number of ketones is 1. The van der Waals surface area contributed by atoms with E-state index < -0.39 is 23.1 Å². The molecule has 0 unspecified atom stereocenters. The summed E-state index contributed by atoms with van der Waals surface area (Å²) < 4.78 is 5.61. The predicted octanol–water partition coefficient (Wildman–Crippen LogP) is 2.98. The van der Waals surface area contributed by atoms with Gasteiger partial charge in [-0.15, -0.1) is 0 Å². The number of aliphatic hydroxyl groups is 1. The summed E-state index contributed by atoms with van der Waals surface area (Å²) in [5.41, 5.74) is -0.462. The number of para-hydroxylation sites is 1. The van der Waals surface area contributed by atoms with Crippen LogP contribution in [0.5, 0.6) is 5.75 Å². The van der Waals surface area contributed by atoms with Crippen LogP contribution in [0.1, 0.15) is 30.9 Å². The Morgan fingerprint density at radius 2 is 1.74 bits per heavy atom. The zero-order valence-electron chi connectivity index (χ0n) is 20.6. The molecular weight excluding hydrogens is 446 g/mol. The average Bonchev–Trinajstić information content (AvgIpc) is 3.21. The topological polar surface area (TPSA) is 90.4 Å². The Bertz CT molecular complexity index is 1190. The Morgan fingerprint density at radius 1 is 1.06 bits per heavy atom. The first-order valence-corrected chi connectivity index (χ1v) is 11.8. The first-order valence-electron chi connectivity index (χ1n) is 11.8. The van der Waals surface area contributed by atoms with Crippen LogP contribution in [-0.2, 0) is 19.9 Å². The van der Waals surface area contributed by atoms with Gasteiger partial charge in [-0.2, -0.15) is 0 Å². The molecule has 1 atom stereocenters. The molecule has 35 heavy (non-hydrogen) atoms. The van der Waals surface area contributed by atoms with E-state index in [0.29, 0.717) is 42.1 Å². The van der Waals surface area contributed by atoms with Crippen LogP contribution in [0.3, 0.4) is 0 Å².